The Morgan fingerprint density at radius 3 is 2.31 bits per heavy atom. The number of carbonyl (C=O) groups excluding carboxylic acids is 1. The molecule has 0 unspecified atom stereocenters. The van der Waals surface area contributed by atoms with Gasteiger partial charge in [-0.2, -0.15) is 0 Å². The molecular weight excluding hydrogens is 360 g/mol. The second-order valence-corrected chi connectivity index (χ2v) is 5.99. The summed E-state index contributed by atoms with van der Waals surface area (Å²) in [5, 5.41) is 0.573. The minimum atomic E-state index is -2.53. The van der Waals surface area contributed by atoms with Gasteiger partial charge in [-0.1, -0.05) is 35.9 Å². The summed E-state index contributed by atoms with van der Waals surface area (Å²) in [6.45, 7) is 0. The van der Waals surface area contributed by atoms with E-state index in [4.69, 9.17) is 11.6 Å². The molecule has 1 aromatic heterocycles. The Bertz CT molecular complexity index is 915. The van der Waals surface area contributed by atoms with Crippen molar-refractivity contribution in [2.75, 3.05) is 11.9 Å². The molecule has 0 aliphatic carbocycles. The Labute approximate surface area is 154 Å². The fraction of sp³-hybridized carbons (Fsp3) is 0.105. The molecule has 0 aliphatic heterocycles. The van der Waals surface area contributed by atoms with Crippen LogP contribution >= 0.6 is 11.6 Å². The smallest absolute Gasteiger partial charge is 0.278 e. The van der Waals surface area contributed by atoms with Gasteiger partial charge in [-0.25, -0.2) is 13.8 Å². The topological polar surface area (TPSA) is 46.1 Å². The molecule has 0 fully saturated rings. The minimum Gasteiger partial charge on any atom is -0.310 e. The van der Waals surface area contributed by atoms with Gasteiger partial charge in [0.05, 0.1) is 18.1 Å². The molecule has 1 heterocycles. The van der Waals surface area contributed by atoms with Gasteiger partial charge in [0, 0.05) is 28.9 Å². The van der Waals surface area contributed by atoms with Crippen molar-refractivity contribution in [2.45, 2.75) is 6.43 Å². The highest BCUT2D eigenvalue weighted by atomic mass is 35.5. The summed E-state index contributed by atoms with van der Waals surface area (Å²) in [6, 6.07) is 12.5. The zero-order valence-electron chi connectivity index (χ0n) is 13.7. The van der Waals surface area contributed by atoms with Crippen molar-refractivity contribution >= 4 is 23.2 Å². The highest BCUT2D eigenvalue weighted by Crippen LogP contribution is 2.23. The molecule has 0 aliphatic rings. The fourth-order valence-corrected chi connectivity index (χ4v) is 2.49. The number of nitrogens with zero attached hydrogens (tertiary/aromatic N) is 3. The molecule has 0 N–H and O–H groups in total. The number of anilines is 1. The lowest BCUT2D eigenvalue weighted by molar-refractivity contribution is 0.0988. The molecule has 2 aromatic carbocycles. The summed E-state index contributed by atoms with van der Waals surface area (Å²) in [5.41, 5.74) is 1.77. The Hall–Kier alpha value is -2.86. The number of hydrogen-bond donors (Lipinski definition) is 0. The second kappa shape index (κ2) is 7.58. The van der Waals surface area contributed by atoms with Gasteiger partial charge in [0.25, 0.3) is 12.3 Å². The molecule has 7 heteroatoms. The van der Waals surface area contributed by atoms with Gasteiger partial charge in [-0.3, -0.25) is 9.78 Å². The zero-order chi connectivity index (χ0) is 18.7. The SMILES string of the molecule is CN(C(=O)c1cncc(-c2ccc(C(F)F)cc2)n1)c1ccc(Cl)cc1. The Morgan fingerprint density at radius 1 is 1.04 bits per heavy atom. The van der Waals surface area contributed by atoms with Crippen LogP contribution in [-0.4, -0.2) is 22.9 Å². The van der Waals surface area contributed by atoms with Gasteiger partial charge in [0.2, 0.25) is 0 Å². The van der Waals surface area contributed by atoms with E-state index in [-0.39, 0.29) is 17.2 Å². The van der Waals surface area contributed by atoms with E-state index in [1.807, 2.05) is 0 Å². The number of halogens is 3. The molecular formula is C19H14ClF2N3O. The van der Waals surface area contributed by atoms with E-state index in [2.05, 4.69) is 9.97 Å². The third kappa shape index (κ3) is 3.86. The maximum Gasteiger partial charge on any atom is 0.278 e. The van der Waals surface area contributed by atoms with E-state index < -0.39 is 6.43 Å². The van der Waals surface area contributed by atoms with Crippen LogP contribution in [0.3, 0.4) is 0 Å². The van der Waals surface area contributed by atoms with Crippen molar-refractivity contribution in [3.05, 3.63) is 77.2 Å². The maximum atomic E-state index is 12.7. The molecule has 132 valence electrons. The average Bonchev–Trinajstić information content (AvgIpc) is 2.67. The lowest BCUT2D eigenvalue weighted by Gasteiger charge is -2.17. The second-order valence-electron chi connectivity index (χ2n) is 5.55. The first-order chi connectivity index (χ1) is 12.5. The first-order valence-electron chi connectivity index (χ1n) is 7.70. The molecule has 1 amide bonds. The highest BCUT2D eigenvalue weighted by Gasteiger charge is 2.16. The third-order valence-corrected chi connectivity index (χ3v) is 4.08. The summed E-state index contributed by atoms with van der Waals surface area (Å²) in [4.78, 5) is 22.4. The molecule has 0 atom stereocenters. The van der Waals surface area contributed by atoms with Crippen LogP contribution in [0.4, 0.5) is 14.5 Å². The predicted molar refractivity (Wildman–Crippen MR) is 96.6 cm³/mol. The van der Waals surface area contributed by atoms with E-state index in [0.29, 0.717) is 22.0 Å². The minimum absolute atomic E-state index is 0.0728. The largest absolute Gasteiger partial charge is 0.310 e. The van der Waals surface area contributed by atoms with E-state index in [1.54, 1.807) is 31.3 Å². The number of benzene rings is 2. The van der Waals surface area contributed by atoms with Crippen molar-refractivity contribution in [1.82, 2.24) is 9.97 Å². The Morgan fingerprint density at radius 2 is 1.69 bits per heavy atom. The summed E-state index contributed by atoms with van der Waals surface area (Å²) in [7, 11) is 1.62. The van der Waals surface area contributed by atoms with Crippen molar-refractivity contribution in [2.24, 2.45) is 0 Å². The van der Waals surface area contributed by atoms with Crippen molar-refractivity contribution in [3.63, 3.8) is 0 Å². The zero-order valence-corrected chi connectivity index (χ0v) is 14.5. The van der Waals surface area contributed by atoms with Gasteiger partial charge >= 0.3 is 0 Å². The van der Waals surface area contributed by atoms with Crippen LogP contribution in [0, 0.1) is 0 Å². The highest BCUT2D eigenvalue weighted by molar-refractivity contribution is 6.30. The van der Waals surface area contributed by atoms with Crippen LogP contribution in [0.5, 0.6) is 0 Å². The predicted octanol–water partition coefficient (Wildman–Crippen LogP) is 5.01. The monoisotopic (exact) mass is 373 g/mol. The van der Waals surface area contributed by atoms with Crippen LogP contribution in [-0.2, 0) is 0 Å². The summed E-state index contributed by atoms with van der Waals surface area (Å²) in [6.07, 6.45) is 0.318. The van der Waals surface area contributed by atoms with Gasteiger partial charge < -0.3 is 4.90 Å². The van der Waals surface area contributed by atoms with Gasteiger partial charge in [-0.05, 0) is 24.3 Å². The van der Waals surface area contributed by atoms with Crippen molar-refractivity contribution in [1.29, 1.82) is 0 Å². The van der Waals surface area contributed by atoms with Crippen LogP contribution in [0.15, 0.2) is 60.9 Å². The molecule has 3 rings (SSSR count). The molecule has 0 saturated heterocycles. The maximum absolute atomic E-state index is 12.7. The number of aromatic nitrogens is 2. The van der Waals surface area contributed by atoms with Crippen LogP contribution in [0.1, 0.15) is 22.5 Å². The van der Waals surface area contributed by atoms with Gasteiger partial charge in [0.15, 0.2) is 0 Å². The lowest BCUT2D eigenvalue weighted by Crippen LogP contribution is -2.27. The number of hydrogen-bond acceptors (Lipinski definition) is 3. The van der Waals surface area contributed by atoms with E-state index >= 15 is 0 Å². The summed E-state index contributed by atoms with van der Waals surface area (Å²) >= 11 is 5.86. The van der Waals surface area contributed by atoms with Gasteiger partial charge in [-0.15, -0.1) is 0 Å². The molecule has 3 aromatic rings. The van der Waals surface area contributed by atoms with Crippen LogP contribution in [0.2, 0.25) is 5.02 Å². The first-order valence-corrected chi connectivity index (χ1v) is 8.07. The normalized spacial score (nSPS) is 10.8. The van der Waals surface area contributed by atoms with Crippen LogP contribution < -0.4 is 4.90 Å². The number of amides is 1. The molecule has 0 saturated carbocycles. The van der Waals surface area contributed by atoms with Crippen molar-refractivity contribution < 1.29 is 13.6 Å². The quantitative estimate of drug-likeness (QED) is 0.645. The first kappa shape index (κ1) is 17.9. The van der Waals surface area contributed by atoms with E-state index in [1.165, 1.54) is 41.6 Å². The molecule has 0 radical (unpaired) electrons. The number of carbonyl (C=O) groups is 1. The molecule has 26 heavy (non-hydrogen) atoms. The summed E-state index contributed by atoms with van der Waals surface area (Å²) < 4.78 is 25.3. The number of rotatable bonds is 4. The summed E-state index contributed by atoms with van der Waals surface area (Å²) in [5.74, 6) is -0.342. The van der Waals surface area contributed by atoms with Crippen molar-refractivity contribution in [3.8, 4) is 11.3 Å². The Balaban J connectivity index is 1.86. The average molecular weight is 374 g/mol. The Kier molecular flexibility index (Phi) is 5.23. The fourth-order valence-electron chi connectivity index (χ4n) is 2.36. The molecule has 0 spiro atoms. The van der Waals surface area contributed by atoms with E-state index in [9.17, 15) is 13.6 Å². The number of alkyl halides is 2. The molecule has 0 bridgehead atoms. The standard InChI is InChI=1S/C19H14ClF2N3O/c1-25(15-8-6-14(20)7-9-15)19(26)17-11-23-10-16(24-17)12-2-4-13(5-3-12)18(21)22/h2-11,18H,1H3. The third-order valence-electron chi connectivity index (χ3n) is 3.83. The molecule has 4 nitrogen and oxygen atoms in total. The van der Waals surface area contributed by atoms with E-state index in [0.717, 1.165) is 0 Å². The lowest BCUT2D eigenvalue weighted by atomic mass is 10.1. The van der Waals surface area contributed by atoms with Crippen LogP contribution in [0.25, 0.3) is 11.3 Å². The van der Waals surface area contributed by atoms with Gasteiger partial charge in [0.1, 0.15) is 5.69 Å².